The molecule has 6 N–H and O–H groups in total. The molecule has 12 heteroatoms. The number of hydrogen-bond donors (Lipinski definition) is 6. The van der Waals surface area contributed by atoms with Crippen LogP contribution in [0.5, 0.6) is 5.75 Å². The van der Waals surface area contributed by atoms with Gasteiger partial charge in [0.25, 0.3) is 0 Å². The molecule has 0 heterocycles. The zero-order valence-electron chi connectivity index (χ0n) is 21.3. The third-order valence-corrected chi connectivity index (χ3v) is 7.22. The van der Waals surface area contributed by atoms with Crippen molar-refractivity contribution in [2.45, 2.75) is 50.4 Å². The van der Waals surface area contributed by atoms with Crippen molar-refractivity contribution in [2.75, 3.05) is 31.3 Å². The van der Waals surface area contributed by atoms with E-state index in [0.29, 0.717) is 48.1 Å². The number of halogens is 1. The van der Waals surface area contributed by atoms with Crippen molar-refractivity contribution in [3.05, 3.63) is 53.6 Å². The Kier molecular flexibility index (Phi) is 15.9. The molecule has 1 aromatic rings. The highest BCUT2D eigenvalue weighted by Gasteiger charge is 2.39. The van der Waals surface area contributed by atoms with Crippen LogP contribution in [-0.2, 0) is 9.63 Å². The quantitative estimate of drug-likeness (QED) is 0.0876. The summed E-state index contributed by atoms with van der Waals surface area (Å²) in [5.74, 6) is 1.36. The van der Waals surface area contributed by atoms with Gasteiger partial charge in [-0.3, -0.25) is 15.2 Å². The van der Waals surface area contributed by atoms with Crippen molar-refractivity contribution in [2.24, 2.45) is 11.8 Å². The number of hydrogen-bond acceptors (Lipinski definition) is 10. The second-order valence-corrected chi connectivity index (χ2v) is 10.6. The molecule has 0 radical (unpaired) electrons. The number of carbonyl (C=O) groups excluding carboxylic acids is 1. The lowest BCUT2D eigenvalue weighted by Gasteiger charge is -2.19. The molecule has 10 nitrogen and oxygen atoms in total. The summed E-state index contributed by atoms with van der Waals surface area (Å²) in [6, 6.07) is 6.91. The molecule has 1 fully saturated rings. The van der Waals surface area contributed by atoms with Gasteiger partial charge in [0.2, 0.25) is 5.91 Å². The first-order chi connectivity index (χ1) is 18.3. The largest absolute Gasteiger partial charge is 0.491 e. The third-order valence-electron chi connectivity index (χ3n) is 6.04. The summed E-state index contributed by atoms with van der Waals surface area (Å²) in [4.78, 5) is 16.3. The highest BCUT2D eigenvalue weighted by molar-refractivity contribution is 7.99. The van der Waals surface area contributed by atoms with Crippen LogP contribution >= 0.6 is 23.4 Å². The fraction of sp³-hybridized carbons (Fsp3) is 0.577. The van der Waals surface area contributed by atoms with Gasteiger partial charge in [-0.2, -0.15) is 11.8 Å². The molecule has 1 aliphatic rings. The Bertz CT molecular complexity index is 875. The minimum absolute atomic E-state index is 0.0235. The van der Waals surface area contributed by atoms with Crippen molar-refractivity contribution in [3.63, 3.8) is 0 Å². The molecule has 1 aliphatic carbocycles. The van der Waals surface area contributed by atoms with E-state index >= 15 is 0 Å². The van der Waals surface area contributed by atoms with Gasteiger partial charge in [-0.1, -0.05) is 42.0 Å². The molecule has 0 unspecified atom stereocenters. The van der Waals surface area contributed by atoms with Gasteiger partial charge in [0.1, 0.15) is 18.5 Å². The van der Waals surface area contributed by atoms with Crippen LogP contribution in [0.15, 0.2) is 48.6 Å². The Morgan fingerprint density at radius 1 is 1.24 bits per heavy atom. The van der Waals surface area contributed by atoms with Gasteiger partial charge in [-0.15, -0.1) is 0 Å². The average molecular weight is 575 g/mol. The zero-order valence-corrected chi connectivity index (χ0v) is 22.8. The number of nitrogens with one attached hydrogen (secondary N) is 1. The first kappa shape index (κ1) is 32.5. The molecule has 0 aromatic heterocycles. The lowest BCUT2D eigenvalue weighted by Crippen LogP contribution is -2.25. The molecule has 0 aliphatic heterocycles. The Labute approximate surface area is 232 Å². The maximum atomic E-state index is 11.9. The summed E-state index contributed by atoms with van der Waals surface area (Å²) in [5.41, 5.74) is 0. The van der Waals surface area contributed by atoms with E-state index in [0.717, 1.165) is 6.42 Å². The van der Waals surface area contributed by atoms with Crippen molar-refractivity contribution in [1.82, 2.24) is 10.7 Å². The van der Waals surface area contributed by atoms with E-state index in [2.05, 4.69) is 10.2 Å². The van der Waals surface area contributed by atoms with Gasteiger partial charge in [0, 0.05) is 41.8 Å². The van der Waals surface area contributed by atoms with Crippen molar-refractivity contribution < 1.29 is 40.1 Å². The van der Waals surface area contributed by atoms with Gasteiger partial charge in [-0.05, 0) is 43.4 Å². The van der Waals surface area contributed by atoms with Crippen LogP contribution in [0, 0.1) is 11.8 Å². The van der Waals surface area contributed by atoms with Crippen LogP contribution in [-0.4, -0.2) is 86.6 Å². The molecule has 5 atom stereocenters. The zero-order chi connectivity index (χ0) is 27.8. The van der Waals surface area contributed by atoms with E-state index < -0.39 is 18.3 Å². The molecule has 0 bridgehead atoms. The van der Waals surface area contributed by atoms with Crippen molar-refractivity contribution in [1.29, 1.82) is 0 Å². The van der Waals surface area contributed by atoms with E-state index in [1.54, 1.807) is 36.4 Å². The normalized spacial score (nSPS) is 22.5. The predicted octanol–water partition coefficient (Wildman–Crippen LogP) is 2.97. The highest BCUT2D eigenvalue weighted by Crippen LogP contribution is 2.36. The van der Waals surface area contributed by atoms with Crippen LogP contribution in [0.2, 0.25) is 5.02 Å². The number of aliphatic hydroxyl groups is 3. The number of thioether (sulfide) groups is 1. The van der Waals surface area contributed by atoms with E-state index in [9.17, 15) is 20.1 Å². The van der Waals surface area contributed by atoms with Gasteiger partial charge >= 0.3 is 0 Å². The molecule has 214 valence electrons. The minimum atomic E-state index is -0.868. The van der Waals surface area contributed by atoms with Crippen molar-refractivity contribution >= 4 is 29.3 Å². The Balaban J connectivity index is 1.63. The molecule has 1 saturated carbocycles. The molecular weight excluding hydrogens is 536 g/mol. The number of benzene rings is 1. The Morgan fingerprint density at radius 2 is 2.05 bits per heavy atom. The van der Waals surface area contributed by atoms with Crippen molar-refractivity contribution in [3.8, 4) is 5.75 Å². The van der Waals surface area contributed by atoms with E-state index in [4.69, 9.17) is 26.8 Å². The maximum Gasteiger partial charge on any atom is 0.220 e. The molecular formula is C26H39ClN2O8S. The van der Waals surface area contributed by atoms with E-state index in [-0.39, 0.29) is 42.8 Å². The first-order valence-electron chi connectivity index (χ1n) is 12.7. The first-order valence-corrected chi connectivity index (χ1v) is 14.2. The SMILES string of the molecule is O=C(CCC/C=C\C[C@@H]1[C@@H](/C=C/[C@@H](O)COc2cccc(Cl)c2)[C@H](O)C[C@@H]1O)NCCSCCON(O)O. The number of rotatable bonds is 18. The van der Waals surface area contributed by atoms with Crippen LogP contribution in [0.3, 0.4) is 0 Å². The van der Waals surface area contributed by atoms with Crippen LogP contribution in [0.25, 0.3) is 0 Å². The van der Waals surface area contributed by atoms with Crippen LogP contribution in [0.4, 0.5) is 0 Å². The maximum absolute atomic E-state index is 11.9. The summed E-state index contributed by atoms with van der Waals surface area (Å²) in [6.07, 6.45) is 7.83. The summed E-state index contributed by atoms with van der Waals surface area (Å²) in [5, 5.41) is 50.9. The monoisotopic (exact) mass is 574 g/mol. The average Bonchev–Trinajstić information content (AvgIpc) is 3.14. The van der Waals surface area contributed by atoms with Gasteiger partial charge in [0.05, 0.1) is 24.2 Å². The fourth-order valence-electron chi connectivity index (χ4n) is 4.14. The minimum Gasteiger partial charge on any atom is -0.491 e. The predicted molar refractivity (Wildman–Crippen MR) is 145 cm³/mol. The number of ether oxygens (including phenoxy) is 1. The van der Waals surface area contributed by atoms with E-state index in [1.807, 2.05) is 12.2 Å². The number of aliphatic hydroxyl groups excluding tert-OH is 3. The lowest BCUT2D eigenvalue weighted by molar-refractivity contribution is -0.490. The summed E-state index contributed by atoms with van der Waals surface area (Å²) in [7, 11) is 0. The topological polar surface area (TPSA) is 152 Å². The number of amides is 1. The molecule has 2 rings (SSSR count). The second-order valence-electron chi connectivity index (χ2n) is 8.98. The van der Waals surface area contributed by atoms with Crippen LogP contribution in [0.1, 0.15) is 32.1 Å². The highest BCUT2D eigenvalue weighted by atomic mass is 35.5. The van der Waals surface area contributed by atoms with Gasteiger partial charge in [0.15, 0.2) is 0 Å². The van der Waals surface area contributed by atoms with Gasteiger partial charge < -0.3 is 25.4 Å². The number of nitrogens with zero attached hydrogens (tertiary/aromatic N) is 1. The number of allylic oxidation sites excluding steroid dienone is 2. The lowest BCUT2D eigenvalue weighted by atomic mass is 9.89. The molecule has 0 spiro atoms. The molecule has 0 saturated heterocycles. The number of carbonyl (C=O) groups is 1. The fourth-order valence-corrected chi connectivity index (χ4v) is 4.96. The summed E-state index contributed by atoms with van der Waals surface area (Å²) < 4.78 is 5.55. The molecule has 1 amide bonds. The summed E-state index contributed by atoms with van der Waals surface area (Å²) >= 11 is 7.46. The standard InChI is InChI=1S/C26H39ClN2O8S/c27-19-6-5-7-21(16-19)36-18-20(30)10-11-23-22(24(31)17-25(23)32)8-3-1-2-4-9-26(33)28-12-14-38-15-13-37-29(34)35/h1,3,5-7,10-11,16,20,22-25,30-32,34-35H,2,4,8-9,12-15,17-18H2,(H,28,33)/b3-1-,11-10+/t20-,22-,23-,24+,25-/m1/s1. The summed E-state index contributed by atoms with van der Waals surface area (Å²) in [6.45, 7) is 0.732. The molecule has 38 heavy (non-hydrogen) atoms. The van der Waals surface area contributed by atoms with Gasteiger partial charge in [-0.25, -0.2) is 4.84 Å². The Morgan fingerprint density at radius 3 is 2.82 bits per heavy atom. The van der Waals surface area contributed by atoms with Crippen LogP contribution < -0.4 is 10.1 Å². The molecule has 1 aromatic carbocycles. The third kappa shape index (κ3) is 13.4. The number of unbranched alkanes of at least 4 members (excludes halogenated alkanes) is 1. The van der Waals surface area contributed by atoms with E-state index in [1.165, 1.54) is 11.8 Å². The Hall–Kier alpha value is -1.67. The second kappa shape index (κ2) is 18.6. The smallest absolute Gasteiger partial charge is 0.220 e.